The van der Waals surface area contributed by atoms with Crippen molar-refractivity contribution in [1.29, 1.82) is 0 Å². The first-order valence-corrected chi connectivity index (χ1v) is 5.28. The van der Waals surface area contributed by atoms with Crippen molar-refractivity contribution in [3.63, 3.8) is 0 Å². The largest absolute Gasteiger partial charge is 0.396 e. The van der Waals surface area contributed by atoms with Gasteiger partial charge >= 0.3 is 0 Å². The number of carbonyl (C=O) groups is 1. The number of nitrogens with one attached hydrogen (secondary N) is 1. The number of hydrogen-bond acceptors (Lipinski definition) is 3. The van der Waals surface area contributed by atoms with E-state index >= 15 is 0 Å². The van der Waals surface area contributed by atoms with Crippen molar-refractivity contribution in [2.45, 2.75) is 38.6 Å². The summed E-state index contributed by atoms with van der Waals surface area (Å²) in [6, 6.07) is -0.389. The number of nitrogens with two attached hydrogens (primary N) is 1. The molecule has 0 aromatic carbocycles. The van der Waals surface area contributed by atoms with Crippen molar-refractivity contribution in [2.24, 2.45) is 11.1 Å². The minimum atomic E-state index is -0.389. The molecular weight excluding hydrogens is 180 g/mol. The van der Waals surface area contributed by atoms with Gasteiger partial charge in [-0.2, -0.15) is 0 Å². The Morgan fingerprint density at radius 2 is 2.29 bits per heavy atom. The van der Waals surface area contributed by atoms with E-state index in [2.05, 4.69) is 5.32 Å². The van der Waals surface area contributed by atoms with Gasteiger partial charge in [0, 0.05) is 13.2 Å². The summed E-state index contributed by atoms with van der Waals surface area (Å²) in [5.74, 6) is -0.0725. The Kier molecular flexibility index (Phi) is 3.89. The number of aliphatic hydroxyl groups is 1. The second-order valence-corrected chi connectivity index (χ2v) is 4.21. The Bertz CT molecular complexity index is 202. The van der Waals surface area contributed by atoms with Crippen molar-refractivity contribution in [3.8, 4) is 0 Å². The van der Waals surface area contributed by atoms with E-state index in [4.69, 9.17) is 10.8 Å². The highest BCUT2D eigenvalue weighted by molar-refractivity contribution is 5.81. The molecule has 1 rings (SSSR count). The van der Waals surface area contributed by atoms with Gasteiger partial charge in [0.1, 0.15) is 0 Å². The van der Waals surface area contributed by atoms with E-state index in [-0.39, 0.29) is 24.0 Å². The molecule has 0 aromatic rings. The molecule has 1 atom stereocenters. The normalized spacial score (nSPS) is 20.2. The lowest BCUT2D eigenvalue weighted by Gasteiger charge is -2.16. The predicted molar refractivity (Wildman–Crippen MR) is 54.6 cm³/mol. The molecule has 1 fully saturated rings. The highest BCUT2D eigenvalue weighted by Gasteiger charge is 2.41. The first-order valence-electron chi connectivity index (χ1n) is 5.28. The smallest absolute Gasteiger partial charge is 0.236 e. The summed E-state index contributed by atoms with van der Waals surface area (Å²) in [5, 5.41) is 11.7. The summed E-state index contributed by atoms with van der Waals surface area (Å²) in [6.07, 6.45) is 3.66. The predicted octanol–water partition coefficient (Wildman–Crippen LogP) is 0.00250. The van der Waals surface area contributed by atoms with Gasteiger partial charge in [-0.1, -0.05) is 6.92 Å². The zero-order chi connectivity index (χ0) is 10.6. The molecule has 0 radical (unpaired) electrons. The average Bonchev–Trinajstić information content (AvgIpc) is 2.94. The Labute approximate surface area is 84.9 Å². The molecule has 4 N–H and O–H groups in total. The van der Waals surface area contributed by atoms with Crippen LogP contribution in [-0.2, 0) is 4.79 Å². The third-order valence-electron chi connectivity index (χ3n) is 3.01. The highest BCUT2D eigenvalue weighted by atomic mass is 16.3. The maximum absolute atomic E-state index is 11.4. The van der Waals surface area contributed by atoms with Crippen molar-refractivity contribution in [1.82, 2.24) is 5.32 Å². The SMILES string of the molecule is CCC(N)C(=O)NCC1(CCO)CC1. The standard InChI is InChI=1S/C10H20N2O2/c1-2-8(11)9(14)12-7-10(3-4-10)5-6-13/h8,13H,2-7,11H2,1H3,(H,12,14). The van der Waals surface area contributed by atoms with Crippen molar-refractivity contribution in [2.75, 3.05) is 13.2 Å². The quantitative estimate of drug-likeness (QED) is 0.565. The molecule has 0 aliphatic heterocycles. The van der Waals surface area contributed by atoms with E-state index in [0.717, 1.165) is 19.3 Å². The molecule has 0 saturated heterocycles. The molecule has 0 spiro atoms. The molecule has 82 valence electrons. The Hall–Kier alpha value is -0.610. The fourth-order valence-electron chi connectivity index (χ4n) is 1.52. The molecule has 14 heavy (non-hydrogen) atoms. The second kappa shape index (κ2) is 4.75. The van der Waals surface area contributed by atoms with Crippen molar-refractivity contribution < 1.29 is 9.90 Å². The summed E-state index contributed by atoms with van der Waals surface area (Å²) >= 11 is 0. The zero-order valence-electron chi connectivity index (χ0n) is 8.75. The first kappa shape index (κ1) is 11.5. The lowest BCUT2D eigenvalue weighted by Crippen LogP contribution is -2.42. The number of carbonyl (C=O) groups excluding carboxylic acids is 1. The lowest BCUT2D eigenvalue weighted by molar-refractivity contribution is -0.122. The van der Waals surface area contributed by atoms with E-state index in [1.165, 1.54) is 0 Å². The molecule has 0 aromatic heterocycles. The maximum Gasteiger partial charge on any atom is 0.236 e. The number of amides is 1. The van der Waals surface area contributed by atoms with Gasteiger partial charge in [-0.05, 0) is 31.1 Å². The third-order valence-corrected chi connectivity index (χ3v) is 3.01. The van der Waals surface area contributed by atoms with Crippen LogP contribution in [0.5, 0.6) is 0 Å². The van der Waals surface area contributed by atoms with E-state index in [9.17, 15) is 4.79 Å². The summed E-state index contributed by atoms with van der Waals surface area (Å²) in [4.78, 5) is 11.4. The van der Waals surface area contributed by atoms with Crippen LogP contribution in [0.4, 0.5) is 0 Å². The topological polar surface area (TPSA) is 75.4 Å². The molecule has 1 amide bonds. The van der Waals surface area contributed by atoms with Gasteiger partial charge in [0.05, 0.1) is 6.04 Å². The van der Waals surface area contributed by atoms with E-state index in [1.807, 2.05) is 6.92 Å². The van der Waals surface area contributed by atoms with Crippen LogP contribution in [0.25, 0.3) is 0 Å². The average molecular weight is 200 g/mol. The number of aliphatic hydroxyl groups excluding tert-OH is 1. The minimum Gasteiger partial charge on any atom is -0.396 e. The van der Waals surface area contributed by atoms with Gasteiger partial charge in [-0.25, -0.2) is 0 Å². The van der Waals surface area contributed by atoms with Crippen LogP contribution in [0.15, 0.2) is 0 Å². The van der Waals surface area contributed by atoms with Gasteiger partial charge in [0.15, 0.2) is 0 Å². The molecule has 1 saturated carbocycles. The van der Waals surface area contributed by atoms with Crippen LogP contribution in [0, 0.1) is 5.41 Å². The maximum atomic E-state index is 11.4. The molecular formula is C10H20N2O2. The van der Waals surface area contributed by atoms with Crippen LogP contribution in [-0.4, -0.2) is 30.2 Å². The van der Waals surface area contributed by atoms with Crippen LogP contribution in [0.3, 0.4) is 0 Å². The van der Waals surface area contributed by atoms with Gasteiger partial charge in [-0.3, -0.25) is 4.79 Å². The Morgan fingerprint density at radius 1 is 1.64 bits per heavy atom. The van der Waals surface area contributed by atoms with Crippen LogP contribution >= 0.6 is 0 Å². The molecule has 4 nitrogen and oxygen atoms in total. The molecule has 1 unspecified atom stereocenters. The molecule has 1 aliphatic rings. The molecule has 4 heteroatoms. The Balaban J connectivity index is 2.23. The van der Waals surface area contributed by atoms with Crippen LogP contribution in [0.1, 0.15) is 32.6 Å². The number of rotatable bonds is 6. The summed E-state index contributed by atoms with van der Waals surface area (Å²) in [5.41, 5.74) is 5.76. The lowest BCUT2D eigenvalue weighted by atomic mass is 10.0. The summed E-state index contributed by atoms with van der Waals surface area (Å²) in [7, 11) is 0. The highest BCUT2D eigenvalue weighted by Crippen LogP contribution is 2.47. The first-order chi connectivity index (χ1) is 6.63. The third kappa shape index (κ3) is 2.96. The van der Waals surface area contributed by atoms with Crippen molar-refractivity contribution in [3.05, 3.63) is 0 Å². The minimum absolute atomic E-state index is 0.0725. The fourth-order valence-corrected chi connectivity index (χ4v) is 1.52. The molecule has 0 heterocycles. The monoisotopic (exact) mass is 200 g/mol. The van der Waals surface area contributed by atoms with Crippen LogP contribution in [0.2, 0.25) is 0 Å². The summed E-state index contributed by atoms with van der Waals surface area (Å²) < 4.78 is 0. The Morgan fingerprint density at radius 3 is 2.71 bits per heavy atom. The summed E-state index contributed by atoms with van der Waals surface area (Å²) in [6.45, 7) is 2.76. The van der Waals surface area contributed by atoms with E-state index in [1.54, 1.807) is 0 Å². The number of hydrogen-bond donors (Lipinski definition) is 3. The van der Waals surface area contributed by atoms with Gasteiger partial charge in [0.25, 0.3) is 0 Å². The van der Waals surface area contributed by atoms with Gasteiger partial charge < -0.3 is 16.2 Å². The van der Waals surface area contributed by atoms with Gasteiger partial charge in [0.2, 0.25) is 5.91 Å². The van der Waals surface area contributed by atoms with Gasteiger partial charge in [-0.15, -0.1) is 0 Å². The van der Waals surface area contributed by atoms with Crippen LogP contribution < -0.4 is 11.1 Å². The fraction of sp³-hybridized carbons (Fsp3) is 0.900. The van der Waals surface area contributed by atoms with E-state index < -0.39 is 0 Å². The van der Waals surface area contributed by atoms with E-state index in [0.29, 0.717) is 13.0 Å². The second-order valence-electron chi connectivity index (χ2n) is 4.21. The van der Waals surface area contributed by atoms with Crippen molar-refractivity contribution >= 4 is 5.91 Å². The molecule has 0 bridgehead atoms. The zero-order valence-corrected chi connectivity index (χ0v) is 8.75. The molecule has 1 aliphatic carbocycles.